The van der Waals surface area contributed by atoms with Crippen molar-refractivity contribution in [1.82, 2.24) is 4.98 Å². The van der Waals surface area contributed by atoms with Gasteiger partial charge in [-0.2, -0.15) is 0 Å². The molecule has 3 aromatic rings. The van der Waals surface area contributed by atoms with E-state index in [2.05, 4.69) is 57.3 Å². The van der Waals surface area contributed by atoms with E-state index in [0.29, 0.717) is 11.8 Å². The second-order valence-electron chi connectivity index (χ2n) is 4.20. The third-order valence-electron chi connectivity index (χ3n) is 2.90. The fraction of sp³-hybridized carbons (Fsp3) is 0.143. The Morgan fingerprint density at radius 3 is 2.79 bits per heavy atom. The minimum Gasteiger partial charge on any atom is -0.350 e. The summed E-state index contributed by atoms with van der Waals surface area (Å²) in [4.78, 5) is 4.74. The molecule has 2 aromatic heterocycles. The molecule has 1 atom stereocenters. The fourth-order valence-electron chi connectivity index (χ4n) is 1.99. The molecule has 0 aliphatic heterocycles. The molecular weight excluding hydrogens is 340 g/mol. The number of hydrogen-bond donors (Lipinski definition) is 2. The van der Waals surface area contributed by atoms with Crippen molar-refractivity contribution in [3.05, 3.63) is 51.1 Å². The minimum absolute atomic E-state index is 0.296. The van der Waals surface area contributed by atoms with Crippen LogP contribution in [0.5, 0.6) is 0 Å². The zero-order valence-corrected chi connectivity index (χ0v) is 13.3. The van der Waals surface area contributed by atoms with Crippen LogP contribution in [-0.2, 0) is 0 Å². The van der Waals surface area contributed by atoms with Gasteiger partial charge < -0.3 is 10.7 Å². The van der Waals surface area contributed by atoms with E-state index in [1.807, 2.05) is 6.07 Å². The molecule has 0 spiro atoms. The highest BCUT2D eigenvalue weighted by Gasteiger charge is 2.15. The van der Waals surface area contributed by atoms with Crippen LogP contribution in [0.2, 0.25) is 0 Å². The number of hydrogen-bond acceptors (Lipinski definition) is 3. The predicted molar refractivity (Wildman–Crippen MR) is 88.0 cm³/mol. The summed E-state index contributed by atoms with van der Waals surface area (Å²) >= 11 is 7.04. The molecule has 3 rings (SSSR count). The number of fused-ring (bicyclic) bond motifs is 1. The van der Waals surface area contributed by atoms with E-state index in [0.717, 1.165) is 3.79 Å². The Labute approximate surface area is 128 Å². The van der Waals surface area contributed by atoms with E-state index in [9.17, 15) is 0 Å². The van der Waals surface area contributed by atoms with Gasteiger partial charge >= 0.3 is 0 Å². The van der Waals surface area contributed by atoms with Crippen molar-refractivity contribution in [3.63, 3.8) is 0 Å². The van der Waals surface area contributed by atoms with Crippen molar-refractivity contribution in [2.45, 2.75) is 10.3 Å². The fourth-order valence-corrected chi connectivity index (χ4v) is 4.66. The lowest BCUT2D eigenvalue weighted by Gasteiger charge is -2.10. The van der Waals surface area contributed by atoms with Crippen LogP contribution in [-0.4, -0.2) is 11.5 Å². The molecule has 5 heteroatoms. The Balaban J connectivity index is 1.86. The topological polar surface area (TPSA) is 41.8 Å². The molecule has 0 saturated carbocycles. The SMILES string of the molecule is NCC(Sc1cc2ccccc2[nH]1)c1ccc(Br)s1. The predicted octanol–water partition coefficient (Wildman–Crippen LogP) is 4.78. The number of halogens is 1. The Morgan fingerprint density at radius 2 is 2.11 bits per heavy atom. The smallest absolute Gasteiger partial charge is 0.0739 e. The first-order chi connectivity index (χ1) is 9.26. The molecule has 19 heavy (non-hydrogen) atoms. The number of benzene rings is 1. The highest BCUT2D eigenvalue weighted by atomic mass is 79.9. The van der Waals surface area contributed by atoms with Crippen molar-refractivity contribution in [1.29, 1.82) is 0 Å². The first-order valence-corrected chi connectivity index (χ1v) is 8.45. The molecular formula is C14H13BrN2S2. The number of thioether (sulfide) groups is 1. The maximum atomic E-state index is 5.91. The van der Waals surface area contributed by atoms with Crippen LogP contribution in [0.25, 0.3) is 10.9 Å². The van der Waals surface area contributed by atoms with Gasteiger partial charge in [0.1, 0.15) is 0 Å². The summed E-state index contributed by atoms with van der Waals surface area (Å²) in [5, 5.41) is 2.71. The van der Waals surface area contributed by atoms with E-state index in [4.69, 9.17) is 5.73 Å². The number of H-pyrrole nitrogens is 1. The number of rotatable bonds is 4. The van der Waals surface area contributed by atoms with Crippen molar-refractivity contribution in [2.24, 2.45) is 5.73 Å². The number of thiophene rings is 1. The summed E-state index contributed by atoms with van der Waals surface area (Å²) in [5.41, 5.74) is 7.09. The van der Waals surface area contributed by atoms with E-state index >= 15 is 0 Å². The van der Waals surface area contributed by atoms with Gasteiger partial charge in [-0.15, -0.1) is 11.3 Å². The average Bonchev–Trinajstić information content (AvgIpc) is 3.01. The summed E-state index contributed by atoms with van der Waals surface area (Å²) < 4.78 is 1.15. The molecule has 98 valence electrons. The molecule has 0 saturated heterocycles. The first kappa shape index (κ1) is 13.2. The van der Waals surface area contributed by atoms with Crippen molar-refractivity contribution in [2.75, 3.05) is 6.54 Å². The standard InChI is InChI=1S/C14H13BrN2S2/c15-13-6-5-11(18-13)12(8-16)19-14-7-9-3-1-2-4-10(9)17-14/h1-7,12,17H,8,16H2. The zero-order valence-electron chi connectivity index (χ0n) is 10.1. The summed E-state index contributed by atoms with van der Waals surface area (Å²) in [5.74, 6) is 0. The summed E-state index contributed by atoms with van der Waals surface area (Å²) in [7, 11) is 0. The molecule has 0 radical (unpaired) electrons. The largest absolute Gasteiger partial charge is 0.350 e. The van der Waals surface area contributed by atoms with Gasteiger partial charge in [-0.25, -0.2) is 0 Å². The first-order valence-electron chi connectivity index (χ1n) is 5.96. The van der Waals surface area contributed by atoms with Crippen LogP contribution >= 0.6 is 39.0 Å². The lowest BCUT2D eigenvalue weighted by molar-refractivity contribution is 0.956. The van der Waals surface area contributed by atoms with Gasteiger partial charge in [0.15, 0.2) is 0 Å². The van der Waals surface area contributed by atoms with Crippen LogP contribution in [0, 0.1) is 0 Å². The van der Waals surface area contributed by atoms with Crippen LogP contribution in [0.4, 0.5) is 0 Å². The minimum atomic E-state index is 0.296. The number of nitrogens with one attached hydrogen (secondary N) is 1. The van der Waals surface area contributed by atoms with E-state index in [1.54, 1.807) is 23.1 Å². The van der Waals surface area contributed by atoms with Gasteiger partial charge in [0, 0.05) is 22.3 Å². The van der Waals surface area contributed by atoms with Crippen LogP contribution in [0.15, 0.2) is 51.3 Å². The number of nitrogens with two attached hydrogens (primary N) is 1. The molecule has 0 amide bonds. The maximum absolute atomic E-state index is 5.91. The molecule has 3 N–H and O–H groups in total. The number of aromatic nitrogens is 1. The highest BCUT2D eigenvalue weighted by Crippen LogP contribution is 2.39. The second-order valence-corrected chi connectivity index (χ2v) is 7.94. The lowest BCUT2D eigenvalue weighted by atomic mass is 10.3. The quantitative estimate of drug-likeness (QED) is 0.663. The Bertz CT molecular complexity index is 656. The van der Waals surface area contributed by atoms with Gasteiger partial charge in [-0.1, -0.05) is 30.0 Å². The Morgan fingerprint density at radius 1 is 1.26 bits per heavy atom. The normalized spacial score (nSPS) is 12.9. The van der Waals surface area contributed by atoms with E-state index < -0.39 is 0 Å². The van der Waals surface area contributed by atoms with Crippen LogP contribution < -0.4 is 5.73 Å². The lowest BCUT2D eigenvalue weighted by Crippen LogP contribution is -2.07. The van der Waals surface area contributed by atoms with Crippen LogP contribution in [0.1, 0.15) is 10.1 Å². The summed E-state index contributed by atoms with van der Waals surface area (Å²) in [6, 6.07) is 14.7. The molecule has 0 aliphatic carbocycles. The Hall–Kier alpha value is -0.750. The maximum Gasteiger partial charge on any atom is 0.0739 e. The van der Waals surface area contributed by atoms with E-state index in [1.165, 1.54) is 20.8 Å². The monoisotopic (exact) mass is 352 g/mol. The molecule has 2 heterocycles. The summed E-state index contributed by atoms with van der Waals surface area (Å²) in [6.45, 7) is 0.632. The molecule has 2 nitrogen and oxygen atoms in total. The third-order valence-corrected chi connectivity index (χ3v) is 5.99. The number of para-hydroxylation sites is 1. The van der Waals surface area contributed by atoms with Crippen LogP contribution in [0.3, 0.4) is 0 Å². The molecule has 0 fully saturated rings. The van der Waals surface area contributed by atoms with Gasteiger partial charge in [0.05, 0.1) is 14.1 Å². The third kappa shape index (κ3) is 2.89. The molecule has 1 unspecified atom stereocenters. The Kier molecular flexibility index (Phi) is 3.98. The van der Waals surface area contributed by atoms with Crippen molar-refractivity contribution >= 4 is 49.9 Å². The molecule has 0 bridgehead atoms. The van der Waals surface area contributed by atoms with Gasteiger partial charge in [-0.3, -0.25) is 0 Å². The summed E-state index contributed by atoms with van der Waals surface area (Å²) in [6.07, 6.45) is 0. The van der Waals surface area contributed by atoms with Crippen molar-refractivity contribution < 1.29 is 0 Å². The number of aromatic amines is 1. The highest BCUT2D eigenvalue weighted by molar-refractivity contribution is 9.11. The average molecular weight is 353 g/mol. The van der Waals surface area contributed by atoms with Crippen molar-refractivity contribution in [3.8, 4) is 0 Å². The van der Waals surface area contributed by atoms with E-state index in [-0.39, 0.29) is 0 Å². The van der Waals surface area contributed by atoms with Gasteiger partial charge in [0.25, 0.3) is 0 Å². The molecule has 0 aliphatic rings. The van der Waals surface area contributed by atoms with Gasteiger partial charge in [0.2, 0.25) is 0 Å². The molecule has 1 aromatic carbocycles. The zero-order chi connectivity index (χ0) is 13.2. The second kappa shape index (κ2) is 5.71. The van der Waals surface area contributed by atoms with Gasteiger partial charge in [-0.05, 0) is 40.2 Å².